The van der Waals surface area contributed by atoms with Crippen molar-refractivity contribution in [1.29, 1.82) is 0 Å². The molecular formula is C45H61N5O8. The average Bonchev–Trinajstić information content (AvgIpc) is 3.20. The first-order valence-electron chi connectivity index (χ1n) is 20.2. The Balaban J connectivity index is 0.000000268. The summed E-state index contributed by atoms with van der Waals surface area (Å²) in [6, 6.07) is 21.6. The van der Waals surface area contributed by atoms with Crippen LogP contribution in [-0.2, 0) is 51.3 Å². The molecule has 0 spiro atoms. The number of aromatic nitrogens is 4. The van der Waals surface area contributed by atoms with E-state index in [0.717, 1.165) is 99.3 Å². The summed E-state index contributed by atoms with van der Waals surface area (Å²) in [4.78, 5) is 58.3. The Morgan fingerprint density at radius 2 is 1.07 bits per heavy atom. The number of unbranched alkanes of at least 4 members (excludes halogenated alkanes) is 1. The number of carboxylic acids is 4. The van der Waals surface area contributed by atoms with Gasteiger partial charge in [-0.15, -0.1) is 0 Å². The summed E-state index contributed by atoms with van der Waals surface area (Å²) >= 11 is 0. The molecule has 0 bridgehead atoms. The first-order valence-corrected chi connectivity index (χ1v) is 20.2. The molecule has 2 atom stereocenters. The van der Waals surface area contributed by atoms with Gasteiger partial charge in [0.2, 0.25) is 0 Å². The zero-order valence-electron chi connectivity index (χ0n) is 34.0. The first kappa shape index (κ1) is 48.4. The summed E-state index contributed by atoms with van der Waals surface area (Å²) in [6.07, 6.45) is 16.6. The fourth-order valence-electron chi connectivity index (χ4n) is 5.98. The van der Waals surface area contributed by atoms with Gasteiger partial charge in [-0.05, 0) is 137 Å². The lowest BCUT2D eigenvalue weighted by molar-refractivity contribution is -0.138. The van der Waals surface area contributed by atoms with Gasteiger partial charge in [0.1, 0.15) is 5.82 Å². The predicted molar refractivity (Wildman–Crippen MR) is 224 cm³/mol. The summed E-state index contributed by atoms with van der Waals surface area (Å²) in [6.45, 7) is 5.17. The molecule has 0 saturated carbocycles. The number of nitrogens with one attached hydrogen (secondary N) is 1. The van der Waals surface area contributed by atoms with E-state index in [0.29, 0.717) is 24.7 Å². The number of carbonyl (C=O) groups is 4. The largest absolute Gasteiger partial charge is 0.481 e. The van der Waals surface area contributed by atoms with E-state index >= 15 is 0 Å². The van der Waals surface area contributed by atoms with Crippen molar-refractivity contribution in [1.82, 2.24) is 19.9 Å². The molecule has 0 aromatic carbocycles. The minimum absolute atomic E-state index is 0.214. The number of anilines is 1. The Kier molecular flexibility index (Phi) is 24.6. The highest BCUT2D eigenvalue weighted by atomic mass is 16.4. The number of pyridine rings is 4. The molecule has 0 fully saturated rings. The molecule has 2 unspecified atom stereocenters. The second-order valence-corrected chi connectivity index (χ2v) is 14.5. The van der Waals surface area contributed by atoms with E-state index in [4.69, 9.17) is 20.4 Å². The first-order chi connectivity index (χ1) is 27.9. The zero-order chi connectivity index (χ0) is 42.4. The van der Waals surface area contributed by atoms with E-state index in [9.17, 15) is 19.2 Å². The standard InChI is InChI=1S/C12H16N2O2.C12H17NO2.C11H15NO2.C10H13NO2/c15-11(16)5-1-4-10-7-6-9-3-2-8-13-12(9)14-10;1-10(5-4-7-12(14)15)9-11-6-2-3-8-13-11;1-9(5-6-11(13)14)8-10-4-2-3-7-12-10;12-10(13)7-2-1-5-9-6-3-4-8-11-9/h6-7H,1-5,8H2,(H,13,14)(H,15,16);2-3,6,8,10H,4-5,7,9H2,1H3,(H,14,15);2-4,7,9H,5-6,8H2,1H3,(H,13,14);3-4,6,8H,1-2,5,7H2,(H,12,13). The Morgan fingerprint density at radius 1 is 0.569 bits per heavy atom. The van der Waals surface area contributed by atoms with Gasteiger partial charge < -0.3 is 25.7 Å². The third-order valence-electron chi connectivity index (χ3n) is 9.08. The van der Waals surface area contributed by atoms with Gasteiger partial charge in [-0.2, -0.15) is 0 Å². The minimum atomic E-state index is -0.740. The molecule has 5 N–H and O–H groups in total. The van der Waals surface area contributed by atoms with E-state index < -0.39 is 23.9 Å². The Labute approximate surface area is 342 Å². The van der Waals surface area contributed by atoms with Crippen molar-refractivity contribution in [2.75, 3.05) is 11.9 Å². The normalized spacial score (nSPS) is 12.2. The van der Waals surface area contributed by atoms with E-state index in [1.165, 1.54) is 5.56 Å². The lowest BCUT2D eigenvalue weighted by Gasteiger charge is -2.17. The van der Waals surface area contributed by atoms with Crippen molar-refractivity contribution < 1.29 is 39.6 Å². The summed E-state index contributed by atoms with van der Waals surface area (Å²) in [5, 5.41) is 37.2. The van der Waals surface area contributed by atoms with Gasteiger partial charge in [0.05, 0.1) is 0 Å². The molecule has 1 aliphatic heterocycles. The van der Waals surface area contributed by atoms with Crippen LogP contribution < -0.4 is 5.32 Å². The van der Waals surface area contributed by atoms with Gasteiger partial charge in [-0.25, -0.2) is 4.98 Å². The molecule has 58 heavy (non-hydrogen) atoms. The van der Waals surface area contributed by atoms with Gasteiger partial charge >= 0.3 is 23.9 Å². The molecule has 0 radical (unpaired) electrons. The molecule has 1 aliphatic rings. The molecule has 13 nitrogen and oxygen atoms in total. The van der Waals surface area contributed by atoms with E-state index in [2.05, 4.69) is 45.2 Å². The topological polar surface area (TPSA) is 213 Å². The van der Waals surface area contributed by atoms with E-state index in [1.54, 1.807) is 18.6 Å². The van der Waals surface area contributed by atoms with Crippen molar-refractivity contribution in [3.63, 3.8) is 0 Å². The number of aliphatic carboxylic acids is 4. The lowest BCUT2D eigenvalue weighted by atomic mass is 9.98. The van der Waals surface area contributed by atoms with Gasteiger partial charge in [0.25, 0.3) is 0 Å². The van der Waals surface area contributed by atoms with E-state index in [1.807, 2.05) is 60.7 Å². The number of fused-ring (bicyclic) bond motifs is 1. The minimum Gasteiger partial charge on any atom is -0.481 e. The maximum absolute atomic E-state index is 10.4. The predicted octanol–water partition coefficient (Wildman–Crippen LogP) is 8.37. The molecule has 0 amide bonds. The Morgan fingerprint density at radius 3 is 1.60 bits per heavy atom. The SMILES string of the molecule is CC(CCC(=O)O)Cc1ccccn1.CC(CCCC(=O)O)Cc1ccccn1.O=C(O)CCCCc1ccccn1.O=C(O)CCCc1ccc2c(n1)NCCC2. The zero-order valence-corrected chi connectivity index (χ0v) is 34.0. The summed E-state index contributed by atoms with van der Waals surface area (Å²) in [7, 11) is 0. The van der Waals surface area contributed by atoms with Crippen LogP contribution in [0.15, 0.2) is 85.3 Å². The molecular weight excluding hydrogens is 739 g/mol. The number of nitrogens with zero attached hydrogens (tertiary/aromatic N) is 4. The van der Waals surface area contributed by atoms with Crippen LogP contribution in [0.5, 0.6) is 0 Å². The van der Waals surface area contributed by atoms with Crippen LogP contribution in [0.4, 0.5) is 5.82 Å². The second-order valence-electron chi connectivity index (χ2n) is 14.5. The van der Waals surface area contributed by atoms with Crippen molar-refractivity contribution in [2.45, 2.75) is 117 Å². The van der Waals surface area contributed by atoms with E-state index in [-0.39, 0.29) is 25.7 Å². The highest BCUT2D eigenvalue weighted by Crippen LogP contribution is 2.20. The molecule has 0 saturated heterocycles. The number of hydrogen-bond acceptors (Lipinski definition) is 9. The van der Waals surface area contributed by atoms with Crippen LogP contribution in [0.25, 0.3) is 0 Å². The monoisotopic (exact) mass is 799 g/mol. The third-order valence-corrected chi connectivity index (χ3v) is 9.08. The fraction of sp³-hybridized carbons (Fsp3) is 0.467. The third kappa shape index (κ3) is 24.7. The summed E-state index contributed by atoms with van der Waals surface area (Å²) < 4.78 is 0. The number of aryl methyl sites for hydroxylation is 3. The van der Waals surface area contributed by atoms with Crippen LogP contribution in [0.1, 0.15) is 113 Å². The van der Waals surface area contributed by atoms with Crippen LogP contribution in [0, 0.1) is 11.8 Å². The lowest BCUT2D eigenvalue weighted by Crippen LogP contribution is -2.14. The molecule has 0 aliphatic carbocycles. The molecule has 4 aromatic rings. The molecule has 5 heterocycles. The van der Waals surface area contributed by atoms with Gasteiger partial charge in [0, 0.05) is 73.6 Å². The van der Waals surface area contributed by atoms with Crippen molar-refractivity contribution in [3.8, 4) is 0 Å². The van der Waals surface area contributed by atoms with Crippen molar-refractivity contribution >= 4 is 29.7 Å². The summed E-state index contributed by atoms with van der Waals surface area (Å²) in [5.41, 5.74) is 5.40. The van der Waals surface area contributed by atoms with Gasteiger partial charge in [-0.3, -0.25) is 34.1 Å². The van der Waals surface area contributed by atoms with Crippen LogP contribution in [0.2, 0.25) is 0 Å². The average molecular weight is 800 g/mol. The smallest absolute Gasteiger partial charge is 0.303 e. The molecule has 314 valence electrons. The Hall–Kier alpha value is -5.72. The van der Waals surface area contributed by atoms with Crippen molar-refractivity contribution in [3.05, 3.63) is 114 Å². The number of rotatable bonds is 20. The van der Waals surface area contributed by atoms with Crippen LogP contribution in [0.3, 0.4) is 0 Å². The molecule has 4 aromatic heterocycles. The maximum atomic E-state index is 10.4. The maximum Gasteiger partial charge on any atom is 0.303 e. The number of carboxylic acid groups (broad SMARTS) is 4. The second kappa shape index (κ2) is 29.5. The highest BCUT2D eigenvalue weighted by molar-refractivity contribution is 5.67. The Bertz CT molecular complexity index is 1750. The molecule has 13 heteroatoms. The van der Waals surface area contributed by atoms with Gasteiger partial charge in [0.15, 0.2) is 0 Å². The number of hydrogen-bond donors (Lipinski definition) is 5. The highest BCUT2D eigenvalue weighted by Gasteiger charge is 2.11. The molecule has 5 rings (SSSR count). The fourth-order valence-corrected chi connectivity index (χ4v) is 5.98. The van der Waals surface area contributed by atoms with Crippen molar-refractivity contribution in [2.24, 2.45) is 11.8 Å². The van der Waals surface area contributed by atoms with Crippen LogP contribution >= 0.6 is 0 Å². The quantitative estimate of drug-likeness (QED) is 0.0532. The van der Waals surface area contributed by atoms with Gasteiger partial charge in [-0.1, -0.05) is 38.1 Å². The van der Waals surface area contributed by atoms with Crippen LogP contribution in [-0.4, -0.2) is 70.8 Å². The summed E-state index contributed by atoms with van der Waals surface area (Å²) in [5.74, 6) is -1.03.